The SMILES string of the molecule is C/C=C(C(=O)N1CC[C@H](O)C1)/C(C)=C(\C)C(C)C. The van der Waals surface area contributed by atoms with Crippen LogP contribution >= 0.6 is 0 Å². The van der Waals surface area contributed by atoms with Crippen molar-refractivity contribution in [2.24, 2.45) is 5.92 Å². The lowest BCUT2D eigenvalue weighted by Crippen LogP contribution is -2.31. The van der Waals surface area contributed by atoms with Crippen LogP contribution in [0.2, 0.25) is 0 Å². The highest BCUT2D eigenvalue weighted by atomic mass is 16.3. The maximum absolute atomic E-state index is 12.4. The molecule has 1 rings (SSSR count). The van der Waals surface area contributed by atoms with Crippen molar-refractivity contribution in [2.75, 3.05) is 13.1 Å². The van der Waals surface area contributed by atoms with E-state index in [4.69, 9.17) is 0 Å². The first-order valence-corrected chi connectivity index (χ1v) is 6.69. The van der Waals surface area contributed by atoms with E-state index in [2.05, 4.69) is 20.8 Å². The lowest BCUT2D eigenvalue weighted by molar-refractivity contribution is -0.126. The van der Waals surface area contributed by atoms with E-state index in [1.165, 1.54) is 5.57 Å². The van der Waals surface area contributed by atoms with E-state index in [0.29, 0.717) is 25.4 Å². The van der Waals surface area contributed by atoms with Gasteiger partial charge in [-0.15, -0.1) is 0 Å². The highest BCUT2D eigenvalue weighted by Crippen LogP contribution is 2.23. The third-order valence-corrected chi connectivity index (χ3v) is 3.83. The first-order chi connectivity index (χ1) is 8.38. The van der Waals surface area contributed by atoms with Gasteiger partial charge in [0.15, 0.2) is 0 Å². The first-order valence-electron chi connectivity index (χ1n) is 6.69. The van der Waals surface area contributed by atoms with Gasteiger partial charge in [0.25, 0.3) is 5.91 Å². The van der Waals surface area contributed by atoms with Gasteiger partial charge in [-0.3, -0.25) is 4.79 Å². The third kappa shape index (κ3) is 3.22. The number of carbonyl (C=O) groups excluding carboxylic acids is 1. The number of hydrogen-bond donors (Lipinski definition) is 1. The number of allylic oxidation sites excluding steroid dienone is 2. The maximum atomic E-state index is 12.4. The number of rotatable bonds is 3. The predicted octanol–water partition coefficient (Wildman–Crippen LogP) is 2.52. The van der Waals surface area contributed by atoms with E-state index < -0.39 is 0 Å². The minimum Gasteiger partial charge on any atom is -0.391 e. The van der Waals surface area contributed by atoms with Gasteiger partial charge in [-0.2, -0.15) is 0 Å². The summed E-state index contributed by atoms with van der Waals surface area (Å²) in [5.74, 6) is 0.489. The van der Waals surface area contributed by atoms with Crippen LogP contribution in [0.5, 0.6) is 0 Å². The van der Waals surface area contributed by atoms with Crippen LogP contribution in [-0.2, 0) is 4.79 Å². The van der Waals surface area contributed by atoms with E-state index in [1.54, 1.807) is 4.90 Å². The van der Waals surface area contributed by atoms with Crippen LogP contribution in [0.15, 0.2) is 22.8 Å². The van der Waals surface area contributed by atoms with Crippen molar-refractivity contribution >= 4 is 5.91 Å². The highest BCUT2D eigenvalue weighted by Gasteiger charge is 2.27. The maximum Gasteiger partial charge on any atom is 0.253 e. The number of likely N-dealkylation sites (tertiary alicyclic amines) is 1. The monoisotopic (exact) mass is 251 g/mol. The van der Waals surface area contributed by atoms with Crippen LogP contribution in [0.3, 0.4) is 0 Å². The molecule has 0 unspecified atom stereocenters. The molecular weight excluding hydrogens is 226 g/mol. The van der Waals surface area contributed by atoms with Gasteiger partial charge in [0.2, 0.25) is 0 Å². The normalized spacial score (nSPS) is 22.5. The highest BCUT2D eigenvalue weighted by molar-refractivity contribution is 5.98. The summed E-state index contributed by atoms with van der Waals surface area (Å²) in [5.41, 5.74) is 3.09. The molecule has 1 saturated heterocycles. The zero-order valence-corrected chi connectivity index (χ0v) is 12.2. The molecule has 18 heavy (non-hydrogen) atoms. The molecule has 0 aromatic carbocycles. The summed E-state index contributed by atoms with van der Waals surface area (Å²) in [6, 6.07) is 0. The van der Waals surface area contributed by atoms with Gasteiger partial charge in [-0.1, -0.05) is 25.5 Å². The van der Waals surface area contributed by atoms with E-state index in [9.17, 15) is 9.90 Å². The Morgan fingerprint density at radius 3 is 2.39 bits per heavy atom. The lowest BCUT2D eigenvalue weighted by atomic mass is 9.94. The Hall–Kier alpha value is -1.09. The van der Waals surface area contributed by atoms with Crippen molar-refractivity contribution in [3.05, 3.63) is 22.8 Å². The van der Waals surface area contributed by atoms with Crippen LogP contribution < -0.4 is 0 Å². The molecule has 3 nitrogen and oxygen atoms in total. The second kappa shape index (κ2) is 6.19. The Bertz CT molecular complexity index is 380. The summed E-state index contributed by atoms with van der Waals surface area (Å²) in [6.07, 6.45) is 2.21. The smallest absolute Gasteiger partial charge is 0.253 e. The van der Waals surface area contributed by atoms with Gasteiger partial charge < -0.3 is 10.0 Å². The Labute approximate surface area is 110 Å². The zero-order chi connectivity index (χ0) is 13.9. The molecule has 0 radical (unpaired) electrons. The number of β-amino-alcohol motifs (C(OH)–C–C–N with tert-alkyl or cyclic N) is 1. The van der Waals surface area contributed by atoms with E-state index in [1.807, 2.05) is 19.9 Å². The van der Waals surface area contributed by atoms with Gasteiger partial charge in [0, 0.05) is 18.7 Å². The van der Waals surface area contributed by atoms with E-state index >= 15 is 0 Å². The average molecular weight is 251 g/mol. The third-order valence-electron chi connectivity index (χ3n) is 3.83. The van der Waals surface area contributed by atoms with Gasteiger partial charge >= 0.3 is 0 Å². The second-order valence-corrected chi connectivity index (χ2v) is 5.36. The van der Waals surface area contributed by atoms with Crippen LogP contribution in [-0.4, -0.2) is 35.1 Å². The summed E-state index contributed by atoms with van der Waals surface area (Å²) >= 11 is 0. The molecule has 0 spiro atoms. The van der Waals surface area contributed by atoms with E-state index in [0.717, 1.165) is 11.1 Å². The van der Waals surface area contributed by atoms with Gasteiger partial charge in [-0.25, -0.2) is 0 Å². The lowest BCUT2D eigenvalue weighted by Gasteiger charge is -2.20. The fourth-order valence-electron chi connectivity index (χ4n) is 2.24. The molecule has 1 atom stereocenters. The number of aliphatic hydroxyl groups excluding tert-OH is 1. The minimum atomic E-state index is -0.359. The molecule has 0 bridgehead atoms. The molecule has 0 aliphatic carbocycles. The topological polar surface area (TPSA) is 40.5 Å². The van der Waals surface area contributed by atoms with Crippen molar-refractivity contribution in [3.8, 4) is 0 Å². The molecule has 1 aliphatic rings. The molecule has 102 valence electrons. The molecule has 0 saturated carbocycles. The van der Waals surface area contributed by atoms with Gasteiger partial charge in [0.05, 0.1) is 6.10 Å². The first kappa shape index (κ1) is 15.0. The fraction of sp³-hybridized carbons (Fsp3) is 0.667. The van der Waals surface area contributed by atoms with Crippen molar-refractivity contribution in [1.29, 1.82) is 0 Å². The summed E-state index contributed by atoms with van der Waals surface area (Å²) in [6.45, 7) is 11.4. The van der Waals surface area contributed by atoms with Crippen molar-refractivity contribution in [3.63, 3.8) is 0 Å². The van der Waals surface area contributed by atoms with Crippen molar-refractivity contribution in [1.82, 2.24) is 4.90 Å². The average Bonchev–Trinajstić information content (AvgIpc) is 2.75. The second-order valence-electron chi connectivity index (χ2n) is 5.36. The summed E-state index contributed by atoms with van der Waals surface area (Å²) in [5, 5.41) is 9.51. The summed E-state index contributed by atoms with van der Waals surface area (Å²) < 4.78 is 0. The molecule has 3 heteroatoms. The predicted molar refractivity (Wildman–Crippen MR) is 74.2 cm³/mol. The largest absolute Gasteiger partial charge is 0.391 e. The molecule has 0 aromatic rings. The Morgan fingerprint density at radius 1 is 1.39 bits per heavy atom. The van der Waals surface area contributed by atoms with Gasteiger partial charge in [-0.05, 0) is 38.7 Å². The minimum absolute atomic E-state index is 0.0477. The summed E-state index contributed by atoms with van der Waals surface area (Å²) in [7, 11) is 0. The van der Waals surface area contributed by atoms with Crippen LogP contribution in [0.25, 0.3) is 0 Å². The number of nitrogens with zero attached hydrogens (tertiary/aromatic N) is 1. The van der Waals surface area contributed by atoms with Crippen molar-refractivity contribution < 1.29 is 9.90 Å². The zero-order valence-electron chi connectivity index (χ0n) is 12.2. The molecule has 1 aliphatic heterocycles. The fourth-order valence-corrected chi connectivity index (χ4v) is 2.24. The van der Waals surface area contributed by atoms with Crippen molar-refractivity contribution in [2.45, 2.75) is 47.1 Å². The Morgan fingerprint density at radius 2 is 2.00 bits per heavy atom. The number of hydrogen-bond acceptors (Lipinski definition) is 2. The quantitative estimate of drug-likeness (QED) is 0.618. The molecule has 1 amide bonds. The number of aliphatic hydroxyl groups is 1. The Kier molecular flexibility index (Phi) is 5.15. The van der Waals surface area contributed by atoms with Crippen LogP contribution in [0, 0.1) is 5.92 Å². The number of amides is 1. The van der Waals surface area contributed by atoms with Crippen LogP contribution in [0.1, 0.15) is 41.0 Å². The standard InChI is InChI=1S/C15H25NO2/c1-6-14(12(5)11(4)10(2)3)15(18)16-8-7-13(17)9-16/h6,10,13,17H,7-9H2,1-5H3/b12-11+,14-6-/t13-/m0/s1. The Balaban J connectivity index is 2.92. The summed E-state index contributed by atoms with van der Waals surface area (Å²) in [4.78, 5) is 14.2. The molecule has 0 aromatic heterocycles. The number of carbonyl (C=O) groups is 1. The van der Waals surface area contributed by atoms with E-state index in [-0.39, 0.29) is 12.0 Å². The molecular formula is C15H25NO2. The molecule has 1 heterocycles. The molecule has 1 N–H and O–H groups in total. The van der Waals surface area contributed by atoms with Gasteiger partial charge in [0.1, 0.15) is 0 Å². The van der Waals surface area contributed by atoms with Crippen LogP contribution in [0.4, 0.5) is 0 Å². The molecule has 1 fully saturated rings.